The molecule has 1 aliphatic rings. The van der Waals surface area contributed by atoms with E-state index < -0.39 is 10.0 Å². The molecule has 1 amide bonds. The molecule has 0 saturated carbocycles. The van der Waals surface area contributed by atoms with Crippen LogP contribution in [-0.4, -0.2) is 77.8 Å². The molecule has 2 rings (SSSR count). The molecule has 1 N–H and O–H groups in total. The zero-order valence-corrected chi connectivity index (χ0v) is 18.6. The summed E-state index contributed by atoms with van der Waals surface area (Å²) in [4.78, 5) is 15.2. The molecular weight excluding hydrogens is 394 g/mol. The van der Waals surface area contributed by atoms with Crippen LogP contribution in [0.4, 0.5) is 5.69 Å². The van der Waals surface area contributed by atoms with Gasteiger partial charge in [0.2, 0.25) is 10.0 Å². The zero-order chi connectivity index (χ0) is 21.4. The average Bonchev–Trinajstić information content (AvgIpc) is 2.73. The minimum Gasteiger partial charge on any atom is -0.385 e. The van der Waals surface area contributed by atoms with Crippen LogP contribution in [0.15, 0.2) is 23.1 Å². The second-order valence-corrected chi connectivity index (χ2v) is 8.96. The Morgan fingerprint density at radius 1 is 1.28 bits per heavy atom. The number of ether oxygens (including phenoxy) is 2. The van der Waals surface area contributed by atoms with E-state index in [1.165, 1.54) is 10.4 Å². The summed E-state index contributed by atoms with van der Waals surface area (Å²) >= 11 is 0. The molecule has 0 aliphatic carbocycles. The average molecular weight is 428 g/mol. The lowest BCUT2D eigenvalue weighted by molar-refractivity contribution is 0.0928. The normalized spacial score (nSPS) is 16.1. The number of hydrogen-bond donors (Lipinski definition) is 1. The van der Waals surface area contributed by atoms with Gasteiger partial charge in [-0.3, -0.25) is 4.79 Å². The Hall–Kier alpha value is -1.68. The molecule has 0 radical (unpaired) electrons. The van der Waals surface area contributed by atoms with Crippen molar-refractivity contribution in [2.45, 2.75) is 38.1 Å². The van der Waals surface area contributed by atoms with E-state index in [2.05, 4.69) is 10.2 Å². The van der Waals surface area contributed by atoms with Crippen LogP contribution in [0.5, 0.6) is 0 Å². The van der Waals surface area contributed by atoms with Gasteiger partial charge in [0.05, 0.1) is 23.7 Å². The number of methoxy groups -OCH3 is 1. The number of nitrogens with zero attached hydrogens (tertiary/aromatic N) is 2. The van der Waals surface area contributed by atoms with Crippen LogP contribution in [0.3, 0.4) is 0 Å². The van der Waals surface area contributed by atoms with E-state index in [-0.39, 0.29) is 16.8 Å². The highest BCUT2D eigenvalue weighted by atomic mass is 32.2. The molecule has 1 unspecified atom stereocenters. The van der Waals surface area contributed by atoms with E-state index >= 15 is 0 Å². The van der Waals surface area contributed by atoms with Gasteiger partial charge in [-0.05, 0) is 31.5 Å². The van der Waals surface area contributed by atoms with Gasteiger partial charge in [-0.15, -0.1) is 0 Å². The number of hydrogen-bond acceptors (Lipinski definition) is 6. The first-order valence-electron chi connectivity index (χ1n) is 10.1. The maximum Gasteiger partial charge on any atom is 0.253 e. The summed E-state index contributed by atoms with van der Waals surface area (Å²) in [5.41, 5.74) is 1.09. The maximum atomic E-state index is 13.1. The molecular formula is C20H33N3O5S. The van der Waals surface area contributed by atoms with Gasteiger partial charge in [0.1, 0.15) is 0 Å². The number of sulfonamides is 1. The predicted molar refractivity (Wildman–Crippen MR) is 113 cm³/mol. The molecule has 1 atom stereocenters. The van der Waals surface area contributed by atoms with Crippen LogP contribution in [0, 0.1) is 0 Å². The van der Waals surface area contributed by atoms with Crippen molar-refractivity contribution in [1.29, 1.82) is 0 Å². The van der Waals surface area contributed by atoms with E-state index in [4.69, 9.17) is 9.47 Å². The first kappa shape index (κ1) is 23.6. The zero-order valence-electron chi connectivity index (χ0n) is 17.8. The lowest BCUT2D eigenvalue weighted by Gasteiger charge is -2.31. The third-order valence-electron chi connectivity index (χ3n) is 5.04. The van der Waals surface area contributed by atoms with Crippen LogP contribution in [0.2, 0.25) is 0 Å². The lowest BCUT2D eigenvalue weighted by atomic mass is 10.1. The van der Waals surface area contributed by atoms with Gasteiger partial charge < -0.3 is 19.7 Å². The number of carbonyl (C=O) groups excluding carboxylic acids is 1. The van der Waals surface area contributed by atoms with Crippen molar-refractivity contribution in [1.82, 2.24) is 9.62 Å². The molecule has 1 saturated heterocycles. The second kappa shape index (κ2) is 10.9. The minimum absolute atomic E-state index is 0.0944. The van der Waals surface area contributed by atoms with Crippen molar-refractivity contribution in [3.8, 4) is 0 Å². The Morgan fingerprint density at radius 2 is 1.93 bits per heavy atom. The Balaban J connectivity index is 2.41. The lowest BCUT2D eigenvalue weighted by Crippen LogP contribution is -2.39. The van der Waals surface area contributed by atoms with Gasteiger partial charge in [0.25, 0.3) is 5.91 Å². The molecule has 0 spiro atoms. The summed E-state index contributed by atoms with van der Waals surface area (Å²) in [6.07, 6.45) is 0.673. The van der Waals surface area contributed by atoms with Crippen LogP contribution in [-0.2, 0) is 19.5 Å². The molecule has 0 bridgehead atoms. The SMILES string of the molecule is CCN(CC)S(=O)(=O)c1ccc(N2CCOCC2)c(C(=O)NC(C)CCOC)c1. The number of nitrogens with one attached hydrogen (secondary N) is 1. The molecule has 1 fully saturated rings. The van der Waals surface area contributed by atoms with Crippen LogP contribution in [0.25, 0.3) is 0 Å². The molecule has 9 heteroatoms. The van der Waals surface area contributed by atoms with E-state index in [0.29, 0.717) is 58.0 Å². The van der Waals surface area contributed by atoms with Crippen molar-refractivity contribution in [2.75, 3.05) is 58.0 Å². The fourth-order valence-electron chi connectivity index (χ4n) is 3.32. The van der Waals surface area contributed by atoms with Crippen LogP contribution >= 0.6 is 0 Å². The van der Waals surface area contributed by atoms with Crippen molar-refractivity contribution in [2.24, 2.45) is 0 Å². The summed E-state index contributed by atoms with van der Waals surface area (Å²) in [7, 11) is -2.04. The van der Waals surface area contributed by atoms with Crippen molar-refractivity contribution in [3.63, 3.8) is 0 Å². The molecule has 1 aromatic carbocycles. The number of benzene rings is 1. The van der Waals surface area contributed by atoms with Crippen molar-refractivity contribution in [3.05, 3.63) is 23.8 Å². The molecule has 29 heavy (non-hydrogen) atoms. The first-order chi connectivity index (χ1) is 13.8. The molecule has 1 aliphatic heterocycles. The summed E-state index contributed by atoms with van der Waals surface area (Å²) in [5, 5.41) is 2.96. The first-order valence-corrected chi connectivity index (χ1v) is 11.6. The second-order valence-electron chi connectivity index (χ2n) is 7.02. The molecule has 1 aromatic rings. The molecule has 8 nitrogen and oxygen atoms in total. The van der Waals surface area contributed by atoms with E-state index in [1.807, 2.05) is 6.92 Å². The van der Waals surface area contributed by atoms with Gasteiger partial charge >= 0.3 is 0 Å². The number of carbonyl (C=O) groups is 1. The topological polar surface area (TPSA) is 88.2 Å². The molecule has 164 valence electrons. The summed E-state index contributed by atoms with van der Waals surface area (Å²) in [5.74, 6) is -0.285. The van der Waals surface area contributed by atoms with Gasteiger partial charge in [-0.25, -0.2) is 8.42 Å². The number of rotatable bonds is 10. The number of anilines is 1. The fraction of sp³-hybridized carbons (Fsp3) is 0.650. The van der Waals surface area contributed by atoms with Crippen molar-refractivity contribution >= 4 is 21.6 Å². The Labute approximate surface area is 174 Å². The largest absolute Gasteiger partial charge is 0.385 e. The van der Waals surface area contributed by atoms with Gasteiger partial charge in [-0.1, -0.05) is 13.8 Å². The van der Waals surface area contributed by atoms with E-state index in [1.54, 1.807) is 33.1 Å². The highest BCUT2D eigenvalue weighted by Crippen LogP contribution is 2.27. The van der Waals surface area contributed by atoms with Gasteiger partial charge in [0.15, 0.2) is 0 Å². The Morgan fingerprint density at radius 3 is 2.52 bits per heavy atom. The number of morpholine rings is 1. The maximum absolute atomic E-state index is 13.1. The van der Waals surface area contributed by atoms with Crippen LogP contribution in [0.1, 0.15) is 37.6 Å². The standard InChI is InChI=1S/C20H33N3O5S/c1-5-23(6-2)29(25,26)17-7-8-19(22-10-13-28-14-11-22)18(15-17)20(24)21-16(3)9-12-27-4/h7-8,15-16H,5-6,9-14H2,1-4H3,(H,21,24). The minimum atomic E-state index is -3.66. The van der Waals surface area contributed by atoms with Gasteiger partial charge in [-0.2, -0.15) is 4.31 Å². The highest BCUT2D eigenvalue weighted by Gasteiger charge is 2.26. The number of amides is 1. The Kier molecular flexibility index (Phi) is 8.88. The highest BCUT2D eigenvalue weighted by molar-refractivity contribution is 7.89. The monoisotopic (exact) mass is 427 g/mol. The van der Waals surface area contributed by atoms with Crippen molar-refractivity contribution < 1.29 is 22.7 Å². The fourth-order valence-corrected chi connectivity index (χ4v) is 4.80. The van der Waals surface area contributed by atoms with Crippen LogP contribution < -0.4 is 10.2 Å². The quantitative estimate of drug-likeness (QED) is 0.612. The molecule has 1 heterocycles. The summed E-state index contributed by atoms with van der Waals surface area (Å²) < 4.78 is 37.8. The van der Waals surface area contributed by atoms with Gasteiger partial charge in [0, 0.05) is 51.6 Å². The summed E-state index contributed by atoms with van der Waals surface area (Å²) in [6.45, 7) is 9.25. The Bertz CT molecular complexity index is 774. The smallest absolute Gasteiger partial charge is 0.253 e. The third-order valence-corrected chi connectivity index (χ3v) is 7.09. The van der Waals surface area contributed by atoms with E-state index in [0.717, 1.165) is 5.69 Å². The third kappa shape index (κ3) is 5.91. The predicted octanol–water partition coefficient (Wildman–Crippen LogP) is 1.71. The van der Waals surface area contributed by atoms with E-state index in [9.17, 15) is 13.2 Å². The summed E-state index contributed by atoms with van der Waals surface area (Å²) in [6, 6.07) is 4.72. The molecule has 0 aromatic heterocycles.